The lowest BCUT2D eigenvalue weighted by atomic mass is 10.2. The number of sulfonamides is 1. The number of benzene rings is 3. The van der Waals surface area contributed by atoms with E-state index in [1.807, 2.05) is 30.3 Å². The van der Waals surface area contributed by atoms with Gasteiger partial charge in [0.05, 0.1) is 36.9 Å². The first-order valence-corrected chi connectivity index (χ1v) is 13.8. The topological polar surface area (TPSA) is 107 Å². The van der Waals surface area contributed by atoms with Gasteiger partial charge in [0.25, 0.3) is 5.91 Å². The molecule has 0 saturated carbocycles. The number of nitrogens with one attached hydrogen (secondary N) is 1. The Hall–Kier alpha value is -3.57. The molecule has 0 saturated heterocycles. The summed E-state index contributed by atoms with van der Waals surface area (Å²) in [6.07, 6.45) is 2.46. The molecule has 0 heterocycles. The molecule has 3 rings (SSSR count). The van der Waals surface area contributed by atoms with E-state index in [9.17, 15) is 13.2 Å². The number of hydrogen-bond donors (Lipinski definition) is 1. The summed E-state index contributed by atoms with van der Waals surface area (Å²) in [6.45, 7) is 1.84. The number of hydrazone groups is 1. The third-order valence-electron chi connectivity index (χ3n) is 5.28. The van der Waals surface area contributed by atoms with Crippen LogP contribution < -0.4 is 23.9 Å². The maximum absolute atomic E-state index is 12.8. The fourth-order valence-electron chi connectivity index (χ4n) is 3.49. The fourth-order valence-corrected chi connectivity index (χ4v) is 5.23. The normalized spacial score (nSPS) is 12.1. The minimum absolute atomic E-state index is 0.328. The van der Waals surface area contributed by atoms with Crippen molar-refractivity contribution in [1.29, 1.82) is 0 Å². The van der Waals surface area contributed by atoms with Crippen molar-refractivity contribution in [2.24, 2.45) is 5.10 Å². The number of hydrogen-bond acceptors (Lipinski definition) is 7. The molecule has 0 fully saturated rings. The molecule has 0 aliphatic heterocycles. The molecular formula is C26H28BrN3O6S. The second-order valence-electron chi connectivity index (χ2n) is 7.98. The van der Waals surface area contributed by atoms with E-state index in [0.29, 0.717) is 39.6 Å². The van der Waals surface area contributed by atoms with Gasteiger partial charge in [0, 0.05) is 0 Å². The predicted octanol–water partition coefficient (Wildman–Crippen LogP) is 4.35. The third kappa shape index (κ3) is 7.46. The number of rotatable bonds is 11. The Morgan fingerprint density at radius 3 is 2.35 bits per heavy atom. The molecule has 0 radical (unpaired) electrons. The summed E-state index contributed by atoms with van der Waals surface area (Å²) >= 11 is 3.50. The molecule has 196 valence electrons. The number of ether oxygens (including phenoxy) is 3. The first kappa shape index (κ1) is 28.0. The van der Waals surface area contributed by atoms with E-state index < -0.39 is 22.0 Å². The fraction of sp³-hybridized carbons (Fsp3) is 0.231. The van der Waals surface area contributed by atoms with Crippen LogP contribution in [0.25, 0.3) is 0 Å². The summed E-state index contributed by atoms with van der Waals surface area (Å²) < 4.78 is 43.1. The van der Waals surface area contributed by atoms with E-state index in [1.165, 1.54) is 27.4 Å². The minimum Gasteiger partial charge on any atom is -0.497 e. The smallest absolute Gasteiger partial charge is 0.263 e. The molecule has 0 aliphatic rings. The second-order valence-corrected chi connectivity index (χ2v) is 10.7. The van der Waals surface area contributed by atoms with Gasteiger partial charge in [-0.3, -0.25) is 9.10 Å². The Balaban J connectivity index is 1.71. The van der Waals surface area contributed by atoms with Gasteiger partial charge >= 0.3 is 0 Å². The van der Waals surface area contributed by atoms with Gasteiger partial charge in [-0.1, -0.05) is 30.3 Å². The summed E-state index contributed by atoms with van der Waals surface area (Å²) in [7, 11) is -0.722. The van der Waals surface area contributed by atoms with Crippen molar-refractivity contribution >= 4 is 43.8 Å². The Bertz CT molecular complexity index is 1350. The van der Waals surface area contributed by atoms with Crippen molar-refractivity contribution in [3.05, 3.63) is 82.3 Å². The zero-order valence-corrected chi connectivity index (χ0v) is 23.2. The van der Waals surface area contributed by atoms with Crippen molar-refractivity contribution in [2.45, 2.75) is 19.6 Å². The number of methoxy groups -OCH3 is 2. The Morgan fingerprint density at radius 1 is 1.08 bits per heavy atom. The number of nitrogens with zero attached hydrogens (tertiary/aromatic N) is 2. The number of halogens is 1. The highest BCUT2D eigenvalue weighted by molar-refractivity contribution is 9.10. The molecule has 0 spiro atoms. The highest BCUT2D eigenvalue weighted by Crippen LogP contribution is 2.37. The number of anilines is 1. The van der Waals surface area contributed by atoms with Crippen LogP contribution in [0.2, 0.25) is 0 Å². The monoisotopic (exact) mass is 589 g/mol. The van der Waals surface area contributed by atoms with E-state index >= 15 is 0 Å². The van der Waals surface area contributed by atoms with Gasteiger partial charge in [-0.05, 0) is 70.4 Å². The van der Waals surface area contributed by atoms with Gasteiger partial charge in [0.15, 0.2) is 11.5 Å². The van der Waals surface area contributed by atoms with Crippen molar-refractivity contribution in [3.63, 3.8) is 0 Å². The summed E-state index contributed by atoms with van der Waals surface area (Å²) in [4.78, 5) is 12.8. The van der Waals surface area contributed by atoms with E-state index in [-0.39, 0.29) is 0 Å². The van der Waals surface area contributed by atoms with Gasteiger partial charge in [-0.25, -0.2) is 13.8 Å². The highest BCUT2D eigenvalue weighted by atomic mass is 79.9. The van der Waals surface area contributed by atoms with Crippen molar-refractivity contribution in [3.8, 4) is 17.2 Å². The molecule has 1 atom stereocenters. The van der Waals surface area contributed by atoms with Crippen LogP contribution in [0, 0.1) is 0 Å². The van der Waals surface area contributed by atoms with Crippen LogP contribution in [-0.4, -0.2) is 47.1 Å². The number of carbonyl (C=O) groups is 1. The number of carbonyl (C=O) groups excluding carboxylic acids is 1. The molecular weight excluding hydrogens is 562 g/mol. The molecule has 0 aromatic heterocycles. The maximum atomic E-state index is 12.8. The lowest BCUT2D eigenvalue weighted by Crippen LogP contribution is -2.46. The molecule has 37 heavy (non-hydrogen) atoms. The molecule has 9 nitrogen and oxygen atoms in total. The van der Waals surface area contributed by atoms with E-state index in [2.05, 4.69) is 26.5 Å². The highest BCUT2D eigenvalue weighted by Gasteiger charge is 2.29. The quantitative estimate of drug-likeness (QED) is 0.263. The zero-order valence-electron chi connectivity index (χ0n) is 20.8. The van der Waals surface area contributed by atoms with Gasteiger partial charge < -0.3 is 14.2 Å². The van der Waals surface area contributed by atoms with Crippen LogP contribution in [0.4, 0.5) is 5.69 Å². The first-order chi connectivity index (χ1) is 17.6. The molecule has 1 amide bonds. The molecule has 0 bridgehead atoms. The van der Waals surface area contributed by atoms with Crippen molar-refractivity contribution in [2.75, 3.05) is 24.8 Å². The van der Waals surface area contributed by atoms with Crippen LogP contribution in [0.15, 0.2) is 76.3 Å². The zero-order chi connectivity index (χ0) is 27.0. The molecule has 0 unspecified atom stereocenters. The van der Waals surface area contributed by atoms with Crippen LogP contribution in [0.5, 0.6) is 17.2 Å². The Morgan fingerprint density at radius 2 is 1.76 bits per heavy atom. The van der Waals surface area contributed by atoms with Gasteiger partial charge in [-0.2, -0.15) is 5.10 Å². The van der Waals surface area contributed by atoms with E-state index in [4.69, 9.17) is 14.2 Å². The summed E-state index contributed by atoms with van der Waals surface area (Å²) in [5.41, 5.74) is 4.37. The van der Waals surface area contributed by atoms with Gasteiger partial charge in [0.2, 0.25) is 10.0 Å². The molecule has 11 heteroatoms. The van der Waals surface area contributed by atoms with Crippen LogP contribution >= 0.6 is 15.9 Å². The molecule has 0 aliphatic carbocycles. The van der Waals surface area contributed by atoms with Crippen LogP contribution in [0.1, 0.15) is 18.1 Å². The summed E-state index contributed by atoms with van der Waals surface area (Å²) in [6, 6.07) is 18.5. The van der Waals surface area contributed by atoms with E-state index in [0.717, 1.165) is 16.1 Å². The Kier molecular flexibility index (Phi) is 9.54. The summed E-state index contributed by atoms with van der Waals surface area (Å²) in [5.74, 6) is 0.974. The molecule has 3 aromatic carbocycles. The lowest BCUT2D eigenvalue weighted by Gasteiger charge is -2.27. The Labute approximate surface area is 225 Å². The van der Waals surface area contributed by atoms with Crippen molar-refractivity contribution in [1.82, 2.24) is 5.43 Å². The first-order valence-electron chi connectivity index (χ1n) is 11.1. The van der Waals surface area contributed by atoms with Crippen molar-refractivity contribution < 1.29 is 27.4 Å². The number of amides is 1. The van der Waals surface area contributed by atoms with Crippen LogP contribution in [-0.2, 0) is 21.4 Å². The molecule has 3 aromatic rings. The standard InChI is InChI=1S/C26H28BrN3O6S/c1-18(30(37(4,32)33)21-10-12-22(34-2)13-11-21)26(31)29-28-16-20-14-23(27)25(24(15-20)35-3)36-17-19-8-6-5-7-9-19/h5-16,18H,17H2,1-4H3,(H,29,31)/b28-16-/t18-/m0/s1. The third-order valence-corrected chi connectivity index (χ3v) is 7.11. The van der Waals surface area contributed by atoms with Gasteiger partial charge in [-0.15, -0.1) is 0 Å². The van der Waals surface area contributed by atoms with Crippen LogP contribution in [0.3, 0.4) is 0 Å². The predicted molar refractivity (Wildman–Crippen MR) is 147 cm³/mol. The van der Waals surface area contributed by atoms with E-state index in [1.54, 1.807) is 36.4 Å². The van der Waals surface area contributed by atoms with Gasteiger partial charge in [0.1, 0.15) is 18.4 Å². The lowest BCUT2D eigenvalue weighted by molar-refractivity contribution is -0.121. The average Bonchev–Trinajstić information content (AvgIpc) is 2.88. The summed E-state index contributed by atoms with van der Waals surface area (Å²) in [5, 5.41) is 4.00. The SMILES string of the molecule is COc1ccc(N([C@@H](C)C(=O)N/N=C\c2cc(Br)c(OCc3ccccc3)c(OC)c2)S(C)(=O)=O)cc1. The average molecular weight is 590 g/mol. The minimum atomic E-state index is -3.76. The second kappa shape index (κ2) is 12.6. The molecule has 1 N–H and O–H groups in total. The largest absolute Gasteiger partial charge is 0.497 e. The maximum Gasteiger partial charge on any atom is 0.263 e.